The van der Waals surface area contributed by atoms with Gasteiger partial charge in [-0.1, -0.05) is 24.3 Å². The quantitative estimate of drug-likeness (QED) is 0.224. The maximum atomic E-state index is 13.2. The average Bonchev–Trinajstić information content (AvgIpc) is 3.57. The number of halogens is 1. The highest BCUT2D eigenvalue weighted by molar-refractivity contribution is 6.17. The third-order valence-corrected chi connectivity index (χ3v) is 8.91. The minimum Gasteiger partial charge on any atom is -0.454 e. The van der Waals surface area contributed by atoms with E-state index >= 15 is 0 Å². The third kappa shape index (κ3) is 5.95. The molecule has 1 aromatic heterocycles. The lowest BCUT2D eigenvalue weighted by Gasteiger charge is -2.34. The molecule has 4 aromatic rings. The van der Waals surface area contributed by atoms with Gasteiger partial charge in [0.2, 0.25) is 6.79 Å². The summed E-state index contributed by atoms with van der Waals surface area (Å²) in [7, 11) is 0. The van der Waals surface area contributed by atoms with Crippen LogP contribution >= 0.6 is 11.6 Å². The van der Waals surface area contributed by atoms with Gasteiger partial charge in [-0.2, -0.15) is 0 Å². The Morgan fingerprint density at radius 1 is 0.829 bits per heavy atom. The lowest BCUT2D eigenvalue weighted by atomic mass is 10.0. The number of hydrogen-bond acceptors (Lipinski definition) is 4. The number of carbonyl (C=O) groups excluding carboxylic acids is 1. The summed E-state index contributed by atoms with van der Waals surface area (Å²) in [6.45, 7) is 9.92. The number of piperazine rings is 1. The average molecular weight is 572 g/mol. The Hall–Kier alpha value is -3.48. The maximum absolute atomic E-state index is 13.2. The first-order valence-corrected chi connectivity index (χ1v) is 15.2. The van der Waals surface area contributed by atoms with Crippen molar-refractivity contribution < 1.29 is 14.3 Å². The van der Waals surface area contributed by atoms with E-state index < -0.39 is 0 Å². The van der Waals surface area contributed by atoms with Crippen LogP contribution in [0.5, 0.6) is 11.5 Å². The predicted octanol–water partition coefficient (Wildman–Crippen LogP) is 6.21. The molecular formula is C34H38ClN3O3. The standard InChI is InChI=1S/C34H38ClN3O3/c1-24-25(2)38(14-3-13-35)31-10-6-28(21-30(24)31)20-26-4-8-29(9-5-26)34(39)37-18-16-36(17-19-37)15-12-27-7-11-32-33(22-27)41-23-40-32/h4-11,21-22H,3,12-20,23H2,1-2H3. The van der Waals surface area contributed by atoms with Crippen LogP contribution in [0.15, 0.2) is 60.7 Å². The van der Waals surface area contributed by atoms with Gasteiger partial charge in [-0.3, -0.25) is 9.69 Å². The lowest BCUT2D eigenvalue weighted by molar-refractivity contribution is 0.0638. The van der Waals surface area contributed by atoms with Crippen molar-refractivity contribution in [2.75, 3.05) is 45.4 Å². The van der Waals surface area contributed by atoms with Gasteiger partial charge in [0.25, 0.3) is 5.91 Å². The van der Waals surface area contributed by atoms with Crippen molar-refractivity contribution in [2.24, 2.45) is 0 Å². The van der Waals surface area contributed by atoms with Gasteiger partial charge < -0.3 is 18.9 Å². The lowest BCUT2D eigenvalue weighted by Crippen LogP contribution is -2.49. The molecular weight excluding hydrogens is 534 g/mol. The van der Waals surface area contributed by atoms with Crippen LogP contribution in [0, 0.1) is 13.8 Å². The van der Waals surface area contributed by atoms with E-state index in [0.717, 1.165) is 75.6 Å². The molecule has 41 heavy (non-hydrogen) atoms. The number of rotatable bonds is 9. The van der Waals surface area contributed by atoms with E-state index in [9.17, 15) is 4.79 Å². The predicted molar refractivity (Wildman–Crippen MR) is 165 cm³/mol. The van der Waals surface area contributed by atoms with Gasteiger partial charge in [0.1, 0.15) is 0 Å². The number of alkyl halides is 1. The number of amides is 1. The van der Waals surface area contributed by atoms with Gasteiger partial charge in [0.05, 0.1) is 0 Å². The van der Waals surface area contributed by atoms with Crippen LogP contribution in [0.25, 0.3) is 10.9 Å². The van der Waals surface area contributed by atoms with E-state index in [1.165, 1.54) is 38.9 Å². The smallest absolute Gasteiger partial charge is 0.253 e. The summed E-state index contributed by atoms with van der Waals surface area (Å²) in [5.41, 5.74) is 8.44. The molecule has 6 nitrogen and oxygen atoms in total. The van der Waals surface area contributed by atoms with Crippen molar-refractivity contribution >= 4 is 28.4 Å². The summed E-state index contributed by atoms with van der Waals surface area (Å²) in [5.74, 6) is 2.46. The van der Waals surface area contributed by atoms with Crippen LogP contribution in [-0.2, 0) is 19.4 Å². The molecule has 7 heteroatoms. The van der Waals surface area contributed by atoms with Gasteiger partial charge >= 0.3 is 0 Å². The summed E-state index contributed by atoms with van der Waals surface area (Å²) >= 11 is 5.96. The SMILES string of the molecule is Cc1c(C)n(CCCCl)c2ccc(Cc3ccc(C(=O)N4CCN(CCc5ccc6c(c5)OCO6)CC4)cc3)cc12. The number of nitrogens with zero attached hydrogens (tertiary/aromatic N) is 3. The molecule has 214 valence electrons. The zero-order chi connectivity index (χ0) is 28.3. The topological polar surface area (TPSA) is 46.9 Å². The molecule has 0 unspecified atom stereocenters. The molecule has 0 N–H and O–H groups in total. The molecule has 0 atom stereocenters. The Balaban J connectivity index is 1.02. The molecule has 0 radical (unpaired) electrons. The van der Waals surface area contributed by atoms with Crippen LogP contribution in [0.2, 0.25) is 0 Å². The summed E-state index contributed by atoms with van der Waals surface area (Å²) in [4.78, 5) is 17.6. The van der Waals surface area contributed by atoms with E-state index in [2.05, 4.69) is 65.8 Å². The van der Waals surface area contributed by atoms with Gasteiger partial charge in [-0.05, 0) is 91.8 Å². The number of aryl methyl sites for hydroxylation is 2. The summed E-state index contributed by atoms with van der Waals surface area (Å²) in [6, 6.07) is 21.1. The van der Waals surface area contributed by atoms with Crippen LogP contribution in [0.1, 0.15) is 44.7 Å². The first-order valence-electron chi connectivity index (χ1n) is 14.6. The summed E-state index contributed by atoms with van der Waals surface area (Å²) < 4.78 is 13.3. The van der Waals surface area contributed by atoms with Crippen molar-refractivity contribution in [2.45, 2.75) is 39.7 Å². The fraction of sp³-hybridized carbons (Fsp3) is 0.382. The fourth-order valence-corrected chi connectivity index (χ4v) is 6.17. The largest absolute Gasteiger partial charge is 0.454 e. The van der Waals surface area contributed by atoms with E-state index in [1.54, 1.807) is 0 Å². The van der Waals surface area contributed by atoms with Crippen LogP contribution < -0.4 is 9.47 Å². The summed E-state index contributed by atoms with van der Waals surface area (Å²) in [5, 5.41) is 1.32. The number of carbonyl (C=O) groups is 1. The highest BCUT2D eigenvalue weighted by Gasteiger charge is 2.22. The number of ether oxygens (including phenoxy) is 2. The Morgan fingerprint density at radius 2 is 1.56 bits per heavy atom. The number of hydrogen-bond donors (Lipinski definition) is 0. The van der Waals surface area contributed by atoms with Gasteiger partial charge in [0, 0.05) is 67.3 Å². The second-order valence-corrected chi connectivity index (χ2v) is 11.6. The maximum Gasteiger partial charge on any atom is 0.253 e. The first-order chi connectivity index (χ1) is 20.0. The molecule has 0 spiro atoms. The normalized spacial score (nSPS) is 15.1. The Bertz CT molecular complexity index is 1540. The highest BCUT2D eigenvalue weighted by atomic mass is 35.5. The van der Waals surface area contributed by atoms with Crippen LogP contribution in [0.3, 0.4) is 0 Å². The zero-order valence-electron chi connectivity index (χ0n) is 24.0. The molecule has 3 heterocycles. The summed E-state index contributed by atoms with van der Waals surface area (Å²) in [6.07, 6.45) is 2.77. The van der Waals surface area contributed by atoms with Gasteiger partial charge in [0.15, 0.2) is 11.5 Å². The van der Waals surface area contributed by atoms with Crippen molar-refractivity contribution in [1.29, 1.82) is 0 Å². The van der Waals surface area contributed by atoms with Gasteiger partial charge in [-0.15, -0.1) is 11.6 Å². The van der Waals surface area contributed by atoms with Crippen LogP contribution in [-0.4, -0.2) is 65.7 Å². The fourth-order valence-electron chi connectivity index (χ4n) is 6.05. The molecule has 0 bridgehead atoms. The second-order valence-electron chi connectivity index (χ2n) is 11.2. The van der Waals surface area contributed by atoms with E-state index in [-0.39, 0.29) is 5.91 Å². The number of aromatic nitrogens is 1. The molecule has 1 saturated heterocycles. The van der Waals surface area contributed by atoms with Crippen molar-refractivity contribution in [3.8, 4) is 11.5 Å². The monoisotopic (exact) mass is 571 g/mol. The molecule has 1 fully saturated rings. The molecule has 1 amide bonds. The minimum atomic E-state index is 0.123. The van der Waals surface area contributed by atoms with E-state index in [4.69, 9.17) is 21.1 Å². The second kappa shape index (κ2) is 12.2. The highest BCUT2D eigenvalue weighted by Crippen LogP contribution is 2.32. The first kappa shape index (κ1) is 27.7. The van der Waals surface area contributed by atoms with Gasteiger partial charge in [-0.25, -0.2) is 0 Å². The van der Waals surface area contributed by atoms with Crippen molar-refractivity contribution in [3.63, 3.8) is 0 Å². The van der Waals surface area contributed by atoms with E-state index in [1.807, 2.05) is 23.1 Å². The minimum absolute atomic E-state index is 0.123. The van der Waals surface area contributed by atoms with Crippen molar-refractivity contribution in [1.82, 2.24) is 14.4 Å². The van der Waals surface area contributed by atoms with E-state index in [0.29, 0.717) is 12.7 Å². The Kier molecular flexibility index (Phi) is 8.22. The zero-order valence-corrected chi connectivity index (χ0v) is 24.8. The molecule has 2 aliphatic rings. The molecule has 3 aromatic carbocycles. The number of benzene rings is 3. The number of fused-ring (bicyclic) bond motifs is 2. The van der Waals surface area contributed by atoms with Crippen LogP contribution in [0.4, 0.5) is 0 Å². The molecule has 6 rings (SSSR count). The third-order valence-electron chi connectivity index (χ3n) is 8.64. The Morgan fingerprint density at radius 3 is 2.34 bits per heavy atom. The Labute approximate surface area is 247 Å². The molecule has 0 aliphatic carbocycles. The molecule has 0 saturated carbocycles. The molecule has 2 aliphatic heterocycles. The van der Waals surface area contributed by atoms with Crippen molar-refractivity contribution in [3.05, 3.63) is 94.2 Å².